The molecule has 0 radical (unpaired) electrons. The van der Waals surface area contributed by atoms with E-state index in [4.69, 9.17) is 4.42 Å². The lowest BCUT2D eigenvalue weighted by molar-refractivity contribution is 0.614. The van der Waals surface area contributed by atoms with E-state index in [9.17, 15) is 5.26 Å². The first-order chi connectivity index (χ1) is 12.9. The van der Waals surface area contributed by atoms with E-state index in [1.54, 1.807) is 18.5 Å². The van der Waals surface area contributed by atoms with Gasteiger partial charge in [-0.1, -0.05) is 30.3 Å². The topological polar surface area (TPSA) is 80.5 Å². The summed E-state index contributed by atoms with van der Waals surface area (Å²) >= 11 is 0. The molecule has 0 spiro atoms. The number of fused-ring (bicyclic) bond motifs is 2. The second kappa shape index (κ2) is 5.53. The lowest BCUT2D eigenvalue weighted by atomic mass is 10.1. The van der Waals surface area contributed by atoms with E-state index in [1.807, 2.05) is 53.1 Å². The molecule has 5 aromatic rings. The van der Waals surface area contributed by atoms with Gasteiger partial charge in [-0.25, -0.2) is 15.0 Å². The maximum Gasteiger partial charge on any atom is 0.246 e. The number of hydrogen-bond acceptors (Lipinski definition) is 5. The van der Waals surface area contributed by atoms with Gasteiger partial charge in [0.1, 0.15) is 17.3 Å². The number of nitrogens with zero attached hydrogens (tertiary/aromatic N) is 5. The van der Waals surface area contributed by atoms with Crippen LogP contribution in [0.1, 0.15) is 5.56 Å². The highest BCUT2D eigenvalue weighted by atomic mass is 16.3. The number of nitriles is 1. The van der Waals surface area contributed by atoms with Gasteiger partial charge in [0.2, 0.25) is 11.8 Å². The first-order valence-corrected chi connectivity index (χ1v) is 8.03. The predicted octanol–water partition coefficient (Wildman–Crippen LogP) is 4.10. The van der Waals surface area contributed by atoms with Crippen molar-refractivity contribution in [3.8, 4) is 23.6 Å². The lowest BCUT2D eigenvalue weighted by Gasteiger charge is -2.06. The maximum absolute atomic E-state index is 9.84. The summed E-state index contributed by atoms with van der Waals surface area (Å²) in [6.07, 6.45) is 3.33. The van der Waals surface area contributed by atoms with Gasteiger partial charge >= 0.3 is 0 Å². The van der Waals surface area contributed by atoms with E-state index in [0.29, 0.717) is 28.7 Å². The average Bonchev–Trinajstić information content (AvgIpc) is 3.27. The summed E-state index contributed by atoms with van der Waals surface area (Å²) in [7, 11) is 0. The number of benzene rings is 2. The molecule has 0 atom stereocenters. The molecule has 26 heavy (non-hydrogen) atoms. The number of aromatic nitrogens is 4. The molecule has 0 aliphatic heterocycles. The van der Waals surface area contributed by atoms with Gasteiger partial charge in [0, 0.05) is 17.8 Å². The minimum absolute atomic E-state index is 0.367. The van der Waals surface area contributed by atoms with Crippen LogP contribution >= 0.6 is 0 Å². The lowest BCUT2D eigenvalue weighted by Crippen LogP contribution is -2.02. The van der Waals surface area contributed by atoms with Crippen molar-refractivity contribution >= 4 is 22.0 Å². The van der Waals surface area contributed by atoms with Crippen LogP contribution in [0.2, 0.25) is 0 Å². The number of oxazole rings is 1. The first-order valence-electron chi connectivity index (χ1n) is 8.03. The molecule has 0 aliphatic rings. The van der Waals surface area contributed by atoms with E-state index in [1.165, 1.54) is 0 Å². The average molecular weight is 337 g/mol. The first kappa shape index (κ1) is 14.4. The highest BCUT2D eigenvalue weighted by molar-refractivity contribution is 5.95. The van der Waals surface area contributed by atoms with Crippen molar-refractivity contribution < 1.29 is 4.42 Å². The SMILES string of the molecule is N#Cc1c(-c2nc3ccccc3o2)n(-c2ncccn2)c2ccccc12. The molecule has 0 N–H and O–H groups in total. The number of rotatable bonds is 2. The minimum Gasteiger partial charge on any atom is -0.435 e. The van der Waals surface area contributed by atoms with Crippen LogP contribution in [0.25, 0.3) is 39.5 Å². The fraction of sp³-hybridized carbons (Fsp3) is 0. The van der Waals surface area contributed by atoms with Gasteiger partial charge in [-0.05, 0) is 24.3 Å². The van der Waals surface area contributed by atoms with Gasteiger partial charge in [0.25, 0.3) is 0 Å². The molecule has 0 fully saturated rings. The van der Waals surface area contributed by atoms with Crippen LogP contribution in [0.5, 0.6) is 0 Å². The molecule has 0 bridgehead atoms. The van der Waals surface area contributed by atoms with Gasteiger partial charge in [0.15, 0.2) is 5.58 Å². The highest BCUT2D eigenvalue weighted by Crippen LogP contribution is 2.35. The van der Waals surface area contributed by atoms with Crippen molar-refractivity contribution in [2.75, 3.05) is 0 Å². The van der Waals surface area contributed by atoms with Gasteiger partial charge in [0.05, 0.1) is 11.1 Å². The summed E-state index contributed by atoms with van der Waals surface area (Å²) in [4.78, 5) is 13.3. The molecule has 0 aliphatic carbocycles. The van der Waals surface area contributed by atoms with Crippen molar-refractivity contribution in [1.82, 2.24) is 19.5 Å². The monoisotopic (exact) mass is 337 g/mol. The largest absolute Gasteiger partial charge is 0.435 e. The Labute approximate surface area is 148 Å². The van der Waals surface area contributed by atoms with Crippen LogP contribution in [0, 0.1) is 11.3 Å². The third-order valence-electron chi connectivity index (χ3n) is 4.24. The Hall–Kier alpha value is -3.98. The Balaban J connectivity index is 1.93. The van der Waals surface area contributed by atoms with Crippen LogP contribution < -0.4 is 0 Å². The Morgan fingerprint density at radius 1 is 0.923 bits per heavy atom. The van der Waals surface area contributed by atoms with E-state index in [2.05, 4.69) is 21.0 Å². The Morgan fingerprint density at radius 3 is 2.50 bits per heavy atom. The van der Waals surface area contributed by atoms with E-state index >= 15 is 0 Å². The van der Waals surface area contributed by atoms with Crippen LogP contribution in [0.3, 0.4) is 0 Å². The third kappa shape index (κ3) is 2.01. The summed E-state index contributed by atoms with van der Waals surface area (Å²) in [5.74, 6) is 0.828. The molecule has 122 valence electrons. The Kier molecular flexibility index (Phi) is 3.06. The van der Waals surface area contributed by atoms with Gasteiger partial charge < -0.3 is 4.42 Å². The van der Waals surface area contributed by atoms with Crippen LogP contribution in [-0.4, -0.2) is 19.5 Å². The highest BCUT2D eigenvalue weighted by Gasteiger charge is 2.24. The molecule has 0 saturated heterocycles. The minimum atomic E-state index is 0.367. The van der Waals surface area contributed by atoms with Crippen LogP contribution in [0.15, 0.2) is 71.4 Å². The summed E-state index contributed by atoms with van der Waals surface area (Å²) in [5.41, 5.74) is 3.26. The van der Waals surface area contributed by atoms with Crippen LogP contribution in [-0.2, 0) is 0 Å². The zero-order valence-electron chi connectivity index (χ0n) is 13.5. The zero-order valence-corrected chi connectivity index (χ0v) is 13.5. The summed E-state index contributed by atoms with van der Waals surface area (Å²) < 4.78 is 7.77. The second-order valence-corrected chi connectivity index (χ2v) is 5.72. The smallest absolute Gasteiger partial charge is 0.246 e. The summed E-state index contributed by atoms with van der Waals surface area (Å²) in [6.45, 7) is 0. The fourth-order valence-electron chi connectivity index (χ4n) is 3.14. The molecule has 0 saturated carbocycles. The molecule has 0 amide bonds. The van der Waals surface area contributed by atoms with Crippen molar-refractivity contribution in [3.63, 3.8) is 0 Å². The van der Waals surface area contributed by atoms with Crippen molar-refractivity contribution in [2.24, 2.45) is 0 Å². The van der Waals surface area contributed by atoms with Crippen molar-refractivity contribution in [3.05, 3.63) is 72.6 Å². The summed E-state index contributed by atoms with van der Waals surface area (Å²) in [6, 6.07) is 19.2. The van der Waals surface area contributed by atoms with Gasteiger partial charge in [-0.2, -0.15) is 5.26 Å². The number of hydrogen-bond donors (Lipinski definition) is 0. The van der Waals surface area contributed by atoms with Gasteiger partial charge in [-0.3, -0.25) is 4.57 Å². The molecule has 6 nitrogen and oxygen atoms in total. The summed E-state index contributed by atoms with van der Waals surface area (Å²) in [5, 5.41) is 10.6. The fourth-order valence-corrected chi connectivity index (χ4v) is 3.14. The molecular weight excluding hydrogens is 326 g/mol. The normalized spacial score (nSPS) is 11.0. The molecular formula is C20H11N5O. The van der Waals surface area contributed by atoms with E-state index in [0.717, 1.165) is 16.4 Å². The van der Waals surface area contributed by atoms with Crippen molar-refractivity contribution in [1.29, 1.82) is 5.26 Å². The zero-order chi connectivity index (χ0) is 17.5. The number of para-hydroxylation sites is 3. The predicted molar refractivity (Wildman–Crippen MR) is 96.6 cm³/mol. The molecule has 0 unspecified atom stereocenters. The third-order valence-corrected chi connectivity index (χ3v) is 4.24. The molecule has 3 aromatic heterocycles. The molecule has 6 heteroatoms. The molecule has 2 aromatic carbocycles. The second-order valence-electron chi connectivity index (χ2n) is 5.72. The quantitative estimate of drug-likeness (QED) is 0.484. The Morgan fingerprint density at radius 2 is 1.69 bits per heavy atom. The van der Waals surface area contributed by atoms with E-state index < -0.39 is 0 Å². The molecule has 3 heterocycles. The Bertz CT molecular complexity index is 1260. The van der Waals surface area contributed by atoms with Gasteiger partial charge in [-0.15, -0.1) is 0 Å². The van der Waals surface area contributed by atoms with Crippen LogP contribution in [0.4, 0.5) is 0 Å². The maximum atomic E-state index is 9.84. The van der Waals surface area contributed by atoms with Crippen molar-refractivity contribution in [2.45, 2.75) is 0 Å². The molecule has 5 rings (SSSR count). The van der Waals surface area contributed by atoms with E-state index in [-0.39, 0.29) is 0 Å². The standard InChI is InChI=1S/C20H11N5O/c21-12-14-13-6-1-3-8-16(13)25(20-22-10-5-11-23-20)18(14)19-24-15-7-2-4-9-17(15)26-19/h1-11H.